The Labute approximate surface area is 100.0 Å². The van der Waals surface area contributed by atoms with Gasteiger partial charge in [0.05, 0.1) is 16.4 Å². The van der Waals surface area contributed by atoms with Crippen LogP contribution in [0.15, 0.2) is 12.1 Å². The molecule has 1 fully saturated rings. The van der Waals surface area contributed by atoms with Gasteiger partial charge in [0.2, 0.25) is 0 Å². The summed E-state index contributed by atoms with van der Waals surface area (Å²) in [6, 6.07) is 2.81. The van der Waals surface area contributed by atoms with E-state index < -0.39 is 5.82 Å². The molecule has 1 aliphatic rings. The topological polar surface area (TPSA) is 38.0 Å². The molecule has 0 heterocycles. The van der Waals surface area contributed by atoms with E-state index >= 15 is 0 Å². The fraction of sp³-hybridized carbons (Fsp3) is 0.500. The summed E-state index contributed by atoms with van der Waals surface area (Å²) >= 11 is 5.63. The molecule has 2 rings (SSSR count). The zero-order valence-corrected chi connectivity index (χ0v) is 10.1. The fourth-order valence-corrected chi connectivity index (χ4v) is 2.00. The third-order valence-electron chi connectivity index (χ3n) is 3.45. The molecule has 16 heavy (non-hydrogen) atoms. The maximum Gasteiger partial charge on any atom is 0.143 e. The summed E-state index contributed by atoms with van der Waals surface area (Å²) in [6.45, 7) is 3.04. The predicted octanol–water partition coefficient (Wildman–Crippen LogP) is 3.66. The summed E-state index contributed by atoms with van der Waals surface area (Å²) in [6.07, 6.45) is 3.63. The van der Waals surface area contributed by atoms with Crippen LogP contribution < -0.4 is 11.1 Å². The van der Waals surface area contributed by atoms with E-state index in [0.29, 0.717) is 16.8 Å². The van der Waals surface area contributed by atoms with Gasteiger partial charge in [0, 0.05) is 12.6 Å². The molecule has 0 amide bonds. The van der Waals surface area contributed by atoms with Crippen LogP contribution in [0.25, 0.3) is 0 Å². The molecule has 0 unspecified atom stereocenters. The van der Waals surface area contributed by atoms with Crippen molar-refractivity contribution >= 4 is 23.0 Å². The molecular weight excluding hydrogens is 227 g/mol. The Balaban J connectivity index is 2.07. The average Bonchev–Trinajstić information content (AvgIpc) is 3.02. The first-order valence-corrected chi connectivity index (χ1v) is 5.92. The van der Waals surface area contributed by atoms with Gasteiger partial charge in [-0.3, -0.25) is 0 Å². The van der Waals surface area contributed by atoms with Crippen molar-refractivity contribution in [1.82, 2.24) is 0 Å². The summed E-state index contributed by atoms with van der Waals surface area (Å²) in [7, 11) is 0. The minimum atomic E-state index is -0.431. The zero-order chi connectivity index (χ0) is 11.8. The summed E-state index contributed by atoms with van der Waals surface area (Å²) < 4.78 is 13.2. The Morgan fingerprint density at radius 3 is 2.75 bits per heavy atom. The number of rotatable bonds is 4. The second-order valence-corrected chi connectivity index (χ2v) is 4.97. The van der Waals surface area contributed by atoms with E-state index in [1.807, 2.05) is 0 Å². The Kier molecular flexibility index (Phi) is 2.98. The van der Waals surface area contributed by atoms with Crippen molar-refractivity contribution in [2.45, 2.75) is 26.2 Å². The minimum Gasteiger partial charge on any atom is -0.397 e. The van der Waals surface area contributed by atoms with Crippen molar-refractivity contribution in [2.24, 2.45) is 5.41 Å². The largest absolute Gasteiger partial charge is 0.397 e. The van der Waals surface area contributed by atoms with Gasteiger partial charge in [0.25, 0.3) is 0 Å². The number of hydrogen-bond donors (Lipinski definition) is 2. The quantitative estimate of drug-likeness (QED) is 0.791. The Morgan fingerprint density at radius 1 is 1.50 bits per heavy atom. The van der Waals surface area contributed by atoms with Gasteiger partial charge >= 0.3 is 0 Å². The molecule has 0 atom stereocenters. The Bertz CT molecular complexity index is 402. The lowest BCUT2D eigenvalue weighted by molar-refractivity contribution is 0.521. The molecule has 0 spiro atoms. The van der Waals surface area contributed by atoms with E-state index in [9.17, 15) is 4.39 Å². The summed E-state index contributed by atoms with van der Waals surface area (Å²) in [5, 5.41) is 3.28. The standard InChI is InChI=1S/C12H16ClFN2/c1-2-12(3-4-12)7-16-11-6-9(14)8(13)5-10(11)15/h5-6,16H,2-4,7,15H2,1H3. The molecule has 0 radical (unpaired) electrons. The molecule has 0 bridgehead atoms. The van der Waals surface area contributed by atoms with Crippen molar-refractivity contribution in [2.75, 3.05) is 17.6 Å². The number of nitrogen functional groups attached to an aromatic ring is 1. The number of anilines is 2. The molecule has 1 aromatic rings. The maximum absolute atomic E-state index is 13.2. The molecular formula is C12H16ClFN2. The molecule has 88 valence electrons. The lowest BCUT2D eigenvalue weighted by Gasteiger charge is -2.16. The number of hydrogen-bond acceptors (Lipinski definition) is 2. The van der Waals surface area contributed by atoms with Gasteiger partial charge in [-0.2, -0.15) is 0 Å². The van der Waals surface area contributed by atoms with Crippen molar-refractivity contribution < 1.29 is 4.39 Å². The van der Waals surface area contributed by atoms with E-state index in [2.05, 4.69) is 12.2 Å². The minimum absolute atomic E-state index is 0.0691. The van der Waals surface area contributed by atoms with Crippen LogP contribution in [0.3, 0.4) is 0 Å². The summed E-state index contributed by atoms with van der Waals surface area (Å²) in [5.41, 5.74) is 7.31. The highest BCUT2D eigenvalue weighted by atomic mass is 35.5. The summed E-state index contributed by atoms with van der Waals surface area (Å²) in [5.74, 6) is -0.431. The lowest BCUT2D eigenvalue weighted by Crippen LogP contribution is -2.15. The molecule has 3 N–H and O–H groups in total. The second-order valence-electron chi connectivity index (χ2n) is 4.56. The van der Waals surface area contributed by atoms with Gasteiger partial charge in [-0.25, -0.2) is 4.39 Å². The van der Waals surface area contributed by atoms with Gasteiger partial charge in [0.15, 0.2) is 0 Å². The van der Waals surface area contributed by atoms with Crippen molar-refractivity contribution in [3.63, 3.8) is 0 Å². The first kappa shape index (κ1) is 11.5. The molecule has 1 saturated carbocycles. The number of benzene rings is 1. The zero-order valence-electron chi connectivity index (χ0n) is 9.32. The fourth-order valence-electron chi connectivity index (χ4n) is 1.83. The maximum atomic E-state index is 13.2. The summed E-state index contributed by atoms with van der Waals surface area (Å²) in [4.78, 5) is 0. The highest BCUT2D eigenvalue weighted by Gasteiger charge is 2.40. The van der Waals surface area contributed by atoms with Crippen molar-refractivity contribution in [1.29, 1.82) is 0 Å². The van der Waals surface area contributed by atoms with Crippen LogP contribution in [0.4, 0.5) is 15.8 Å². The van der Waals surface area contributed by atoms with Crippen LogP contribution in [0.5, 0.6) is 0 Å². The first-order chi connectivity index (χ1) is 7.56. The Hall–Kier alpha value is -0.960. The number of nitrogens with one attached hydrogen (secondary N) is 1. The third-order valence-corrected chi connectivity index (χ3v) is 3.74. The van der Waals surface area contributed by atoms with E-state index in [1.54, 1.807) is 0 Å². The number of nitrogens with two attached hydrogens (primary N) is 1. The van der Waals surface area contributed by atoms with Gasteiger partial charge in [-0.1, -0.05) is 18.5 Å². The molecule has 0 aliphatic heterocycles. The van der Waals surface area contributed by atoms with Gasteiger partial charge in [-0.05, 0) is 30.7 Å². The van der Waals surface area contributed by atoms with Crippen LogP contribution in [-0.2, 0) is 0 Å². The van der Waals surface area contributed by atoms with Crippen LogP contribution in [0.2, 0.25) is 5.02 Å². The second kappa shape index (κ2) is 4.13. The van der Waals surface area contributed by atoms with Gasteiger partial charge in [-0.15, -0.1) is 0 Å². The molecule has 4 heteroatoms. The average molecular weight is 243 g/mol. The van der Waals surface area contributed by atoms with Crippen molar-refractivity contribution in [3.05, 3.63) is 23.0 Å². The lowest BCUT2D eigenvalue weighted by atomic mass is 10.0. The van der Waals surface area contributed by atoms with Crippen LogP contribution >= 0.6 is 11.6 Å². The van der Waals surface area contributed by atoms with Crippen LogP contribution in [0, 0.1) is 11.2 Å². The monoisotopic (exact) mass is 242 g/mol. The normalized spacial score (nSPS) is 17.2. The molecule has 1 aliphatic carbocycles. The van der Waals surface area contributed by atoms with Gasteiger partial charge in [0.1, 0.15) is 5.82 Å². The van der Waals surface area contributed by atoms with Crippen molar-refractivity contribution in [3.8, 4) is 0 Å². The molecule has 0 aromatic heterocycles. The third kappa shape index (κ3) is 2.24. The molecule has 0 saturated heterocycles. The first-order valence-electron chi connectivity index (χ1n) is 5.55. The van der Waals surface area contributed by atoms with Gasteiger partial charge < -0.3 is 11.1 Å². The van der Waals surface area contributed by atoms with E-state index in [4.69, 9.17) is 17.3 Å². The SMILES string of the molecule is CCC1(CNc2cc(F)c(Cl)cc2N)CC1. The van der Waals surface area contributed by atoms with Crippen LogP contribution in [0.1, 0.15) is 26.2 Å². The van der Waals surface area contributed by atoms with E-state index in [-0.39, 0.29) is 5.02 Å². The molecule has 1 aromatic carbocycles. The number of halogens is 2. The predicted molar refractivity (Wildman–Crippen MR) is 66.3 cm³/mol. The van der Waals surface area contributed by atoms with E-state index in [1.165, 1.54) is 25.0 Å². The molecule has 2 nitrogen and oxygen atoms in total. The van der Waals surface area contributed by atoms with E-state index in [0.717, 1.165) is 13.0 Å². The highest BCUT2D eigenvalue weighted by molar-refractivity contribution is 6.31. The highest BCUT2D eigenvalue weighted by Crippen LogP contribution is 2.48. The Morgan fingerprint density at radius 2 is 2.19 bits per heavy atom. The smallest absolute Gasteiger partial charge is 0.143 e. The van der Waals surface area contributed by atoms with Crippen LogP contribution in [-0.4, -0.2) is 6.54 Å².